The smallest absolute Gasteiger partial charge is 0.330 e. The zero-order valence-corrected chi connectivity index (χ0v) is 12.9. The summed E-state index contributed by atoms with van der Waals surface area (Å²) in [6.45, 7) is 2.87. The zero-order chi connectivity index (χ0) is 16.4. The van der Waals surface area contributed by atoms with Crippen molar-refractivity contribution in [2.75, 3.05) is 7.11 Å². The monoisotopic (exact) mass is 334 g/mol. The molecule has 1 rings (SSSR count). The van der Waals surface area contributed by atoms with Crippen molar-refractivity contribution in [2.24, 2.45) is 0 Å². The molecule has 114 valence electrons. The number of nitro groups is 1. The Labute approximate surface area is 130 Å². The maximum atomic E-state index is 12.1. The Kier molecular flexibility index (Phi) is 5.14. The van der Waals surface area contributed by atoms with Crippen molar-refractivity contribution in [1.29, 1.82) is 0 Å². The van der Waals surface area contributed by atoms with Gasteiger partial charge in [0.25, 0.3) is 11.6 Å². The molecule has 1 aromatic rings. The van der Waals surface area contributed by atoms with Crippen LogP contribution in [-0.2, 0) is 9.53 Å². The van der Waals surface area contributed by atoms with E-state index < -0.39 is 28.0 Å². The van der Waals surface area contributed by atoms with E-state index in [1.165, 1.54) is 27.0 Å². The molecule has 21 heavy (non-hydrogen) atoms. The molecular formula is C12H12Cl2N2O5. The number of nitrogens with zero attached hydrogens (tertiary/aromatic N) is 1. The average Bonchev–Trinajstić information content (AvgIpc) is 2.39. The van der Waals surface area contributed by atoms with Crippen molar-refractivity contribution in [3.8, 4) is 0 Å². The van der Waals surface area contributed by atoms with Gasteiger partial charge in [-0.05, 0) is 19.9 Å². The first-order chi connectivity index (χ1) is 9.60. The summed E-state index contributed by atoms with van der Waals surface area (Å²) < 4.78 is 4.55. The standard InChI is InChI=1S/C12H12Cl2N2O5/c1-12(2,11(18)21-3)15-10(17)6-4-7(13)9(14)8(5-6)16(19)20/h4-5H,1-3H3,(H,15,17). The molecular weight excluding hydrogens is 323 g/mol. The summed E-state index contributed by atoms with van der Waals surface area (Å²) in [6.07, 6.45) is 0. The molecule has 0 saturated carbocycles. The third-order valence-electron chi connectivity index (χ3n) is 2.59. The lowest BCUT2D eigenvalue weighted by Gasteiger charge is -2.23. The summed E-state index contributed by atoms with van der Waals surface area (Å²) in [5, 5.41) is 12.9. The van der Waals surface area contributed by atoms with Crippen molar-refractivity contribution in [1.82, 2.24) is 5.32 Å². The van der Waals surface area contributed by atoms with Crippen LogP contribution in [0.5, 0.6) is 0 Å². The van der Waals surface area contributed by atoms with Crippen LogP contribution in [-0.4, -0.2) is 29.4 Å². The van der Waals surface area contributed by atoms with Gasteiger partial charge >= 0.3 is 5.97 Å². The maximum absolute atomic E-state index is 12.1. The number of halogens is 2. The lowest BCUT2D eigenvalue weighted by molar-refractivity contribution is -0.384. The lowest BCUT2D eigenvalue weighted by Crippen LogP contribution is -2.50. The molecule has 0 aliphatic carbocycles. The van der Waals surface area contributed by atoms with Crippen molar-refractivity contribution in [3.63, 3.8) is 0 Å². The number of benzene rings is 1. The molecule has 1 N–H and O–H groups in total. The number of ether oxygens (including phenoxy) is 1. The highest BCUT2D eigenvalue weighted by Crippen LogP contribution is 2.33. The number of carbonyl (C=O) groups excluding carboxylic acids is 2. The Bertz CT molecular complexity index is 616. The van der Waals surface area contributed by atoms with Crippen LogP contribution in [0.3, 0.4) is 0 Å². The van der Waals surface area contributed by atoms with E-state index in [0.717, 1.165) is 6.07 Å². The average molecular weight is 335 g/mol. The van der Waals surface area contributed by atoms with Crippen LogP contribution in [0.25, 0.3) is 0 Å². The quantitative estimate of drug-likeness (QED) is 0.518. The van der Waals surface area contributed by atoms with Crippen LogP contribution in [0.2, 0.25) is 10.0 Å². The number of amides is 1. The number of hydrogen-bond donors (Lipinski definition) is 1. The fraction of sp³-hybridized carbons (Fsp3) is 0.333. The van der Waals surface area contributed by atoms with Crippen LogP contribution >= 0.6 is 23.2 Å². The topological polar surface area (TPSA) is 98.5 Å². The summed E-state index contributed by atoms with van der Waals surface area (Å²) >= 11 is 11.5. The van der Waals surface area contributed by atoms with E-state index in [4.69, 9.17) is 23.2 Å². The first-order valence-corrected chi connectivity index (χ1v) is 6.40. The Morgan fingerprint density at radius 1 is 1.33 bits per heavy atom. The summed E-state index contributed by atoms with van der Waals surface area (Å²) in [5.74, 6) is -1.38. The van der Waals surface area contributed by atoms with Gasteiger partial charge in [-0.2, -0.15) is 0 Å². The van der Waals surface area contributed by atoms with Gasteiger partial charge < -0.3 is 10.1 Å². The highest BCUT2D eigenvalue weighted by atomic mass is 35.5. The van der Waals surface area contributed by atoms with E-state index in [1.807, 2.05) is 0 Å². The summed E-state index contributed by atoms with van der Waals surface area (Å²) in [6, 6.07) is 2.16. The predicted octanol–water partition coefficient (Wildman–Crippen LogP) is 2.58. The SMILES string of the molecule is COC(=O)C(C)(C)NC(=O)c1cc(Cl)c(Cl)c([N+](=O)[O-])c1. The summed E-state index contributed by atoms with van der Waals surface area (Å²) in [4.78, 5) is 33.7. The third-order valence-corrected chi connectivity index (χ3v) is 3.38. The summed E-state index contributed by atoms with van der Waals surface area (Å²) in [7, 11) is 1.18. The van der Waals surface area contributed by atoms with Gasteiger partial charge in [-0.1, -0.05) is 23.2 Å². The molecule has 0 fully saturated rings. The number of hydrogen-bond acceptors (Lipinski definition) is 5. The molecule has 0 aliphatic rings. The normalized spacial score (nSPS) is 10.9. The van der Waals surface area contributed by atoms with Crippen molar-refractivity contribution >= 4 is 40.8 Å². The molecule has 7 nitrogen and oxygen atoms in total. The van der Waals surface area contributed by atoms with E-state index in [2.05, 4.69) is 10.1 Å². The van der Waals surface area contributed by atoms with Crippen molar-refractivity contribution in [2.45, 2.75) is 19.4 Å². The number of carbonyl (C=O) groups is 2. The van der Waals surface area contributed by atoms with E-state index in [-0.39, 0.29) is 15.6 Å². The van der Waals surface area contributed by atoms with Gasteiger partial charge in [-0.25, -0.2) is 4.79 Å². The largest absolute Gasteiger partial charge is 0.467 e. The summed E-state index contributed by atoms with van der Waals surface area (Å²) in [5.41, 5.74) is -1.88. The Morgan fingerprint density at radius 2 is 1.90 bits per heavy atom. The van der Waals surface area contributed by atoms with Gasteiger partial charge in [-0.3, -0.25) is 14.9 Å². The van der Waals surface area contributed by atoms with Gasteiger partial charge in [0, 0.05) is 11.6 Å². The molecule has 1 aromatic carbocycles. The molecule has 0 spiro atoms. The van der Waals surface area contributed by atoms with Gasteiger partial charge in [0.1, 0.15) is 10.6 Å². The molecule has 0 bridgehead atoms. The van der Waals surface area contributed by atoms with Crippen LogP contribution < -0.4 is 5.32 Å². The minimum atomic E-state index is -1.30. The fourth-order valence-electron chi connectivity index (χ4n) is 1.50. The number of esters is 1. The molecule has 0 heterocycles. The zero-order valence-electron chi connectivity index (χ0n) is 11.4. The van der Waals surface area contributed by atoms with Crippen LogP contribution in [0.4, 0.5) is 5.69 Å². The molecule has 0 radical (unpaired) electrons. The van der Waals surface area contributed by atoms with Gasteiger partial charge in [0.2, 0.25) is 0 Å². The number of nitro benzene ring substituents is 1. The second kappa shape index (κ2) is 6.28. The van der Waals surface area contributed by atoms with Gasteiger partial charge in [-0.15, -0.1) is 0 Å². The number of methoxy groups -OCH3 is 1. The van der Waals surface area contributed by atoms with Crippen LogP contribution in [0, 0.1) is 10.1 Å². The van der Waals surface area contributed by atoms with E-state index in [1.54, 1.807) is 0 Å². The first-order valence-electron chi connectivity index (χ1n) is 5.64. The van der Waals surface area contributed by atoms with Gasteiger partial charge in [0.05, 0.1) is 17.1 Å². The lowest BCUT2D eigenvalue weighted by atomic mass is 10.0. The highest BCUT2D eigenvalue weighted by Gasteiger charge is 2.31. The Balaban J connectivity index is 3.15. The third kappa shape index (κ3) is 3.83. The van der Waals surface area contributed by atoms with Crippen LogP contribution in [0.1, 0.15) is 24.2 Å². The van der Waals surface area contributed by atoms with Crippen molar-refractivity contribution in [3.05, 3.63) is 37.9 Å². The van der Waals surface area contributed by atoms with E-state index in [9.17, 15) is 19.7 Å². The maximum Gasteiger partial charge on any atom is 0.330 e. The minimum Gasteiger partial charge on any atom is -0.467 e. The van der Waals surface area contributed by atoms with Gasteiger partial charge in [0.15, 0.2) is 0 Å². The predicted molar refractivity (Wildman–Crippen MR) is 76.7 cm³/mol. The number of nitrogens with one attached hydrogen (secondary N) is 1. The second-order valence-electron chi connectivity index (χ2n) is 4.62. The van der Waals surface area contributed by atoms with E-state index >= 15 is 0 Å². The van der Waals surface area contributed by atoms with Crippen molar-refractivity contribution < 1.29 is 19.2 Å². The molecule has 0 unspecified atom stereocenters. The molecule has 9 heteroatoms. The first kappa shape index (κ1) is 17.2. The molecule has 1 amide bonds. The van der Waals surface area contributed by atoms with Crippen LogP contribution in [0.15, 0.2) is 12.1 Å². The number of rotatable bonds is 4. The minimum absolute atomic E-state index is 0.0897. The fourth-order valence-corrected chi connectivity index (χ4v) is 1.89. The molecule has 0 atom stereocenters. The Hall–Kier alpha value is -1.86. The van der Waals surface area contributed by atoms with E-state index in [0.29, 0.717) is 0 Å². The molecule has 0 aromatic heterocycles. The Morgan fingerprint density at radius 3 is 2.38 bits per heavy atom. The molecule has 0 aliphatic heterocycles. The highest BCUT2D eigenvalue weighted by molar-refractivity contribution is 6.43. The molecule has 0 saturated heterocycles. The second-order valence-corrected chi connectivity index (χ2v) is 5.40.